The minimum absolute atomic E-state index is 0.0195. The van der Waals surface area contributed by atoms with Crippen molar-refractivity contribution in [2.24, 2.45) is 11.7 Å². The fraction of sp³-hybridized carbons (Fsp3) is 0.600. The van der Waals surface area contributed by atoms with Crippen molar-refractivity contribution in [3.63, 3.8) is 0 Å². The highest BCUT2D eigenvalue weighted by Crippen LogP contribution is 2.23. The average molecular weight is 312 g/mol. The van der Waals surface area contributed by atoms with E-state index in [-0.39, 0.29) is 11.9 Å². The number of benzene rings is 1. The first-order valence-electron chi connectivity index (χ1n) is 7.24. The molecule has 6 heteroatoms. The van der Waals surface area contributed by atoms with Gasteiger partial charge in [-0.1, -0.05) is 31.2 Å². The molecule has 0 aliphatic carbocycles. The summed E-state index contributed by atoms with van der Waals surface area (Å²) in [5, 5.41) is 0. The van der Waals surface area contributed by atoms with Crippen LogP contribution in [0.4, 0.5) is 0 Å². The number of ether oxygens (including phenoxy) is 1. The van der Waals surface area contributed by atoms with E-state index in [9.17, 15) is 8.42 Å². The lowest BCUT2D eigenvalue weighted by atomic mass is 9.97. The van der Waals surface area contributed by atoms with Crippen LogP contribution in [0.2, 0.25) is 0 Å². The summed E-state index contributed by atoms with van der Waals surface area (Å²) in [6, 6.07) is 7.44. The molecule has 0 spiro atoms. The molecule has 1 saturated heterocycles. The van der Waals surface area contributed by atoms with E-state index in [1.165, 1.54) is 0 Å². The van der Waals surface area contributed by atoms with Gasteiger partial charge < -0.3 is 10.5 Å². The van der Waals surface area contributed by atoms with Crippen LogP contribution in [0.25, 0.3) is 0 Å². The molecule has 118 valence electrons. The Morgan fingerprint density at radius 3 is 2.76 bits per heavy atom. The van der Waals surface area contributed by atoms with Crippen molar-refractivity contribution in [3.05, 3.63) is 35.4 Å². The highest BCUT2D eigenvalue weighted by Gasteiger charge is 2.32. The lowest BCUT2D eigenvalue weighted by Crippen LogP contribution is -2.46. The van der Waals surface area contributed by atoms with Crippen LogP contribution in [-0.4, -0.2) is 39.0 Å². The third kappa shape index (κ3) is 4.03. The van der Waals surface area contributed by atoms with Gasteiger partial charge in [-0.05, 0) is 23.5 Å². The lowest BCUT2D eigenvalue weighted by molar-refractivity contribution is 0.0183. The van der Waals surface area contributed by atoms with Crippen LogP contribution in [0.1, 0.15) is 24.5 Å². The molecule has 21 heavy (non-hydrogen) atoms. The maximum Gasteiger partial charge on any atom is 0.218 e. The summed E-state index contributed by atoms with van der Waals surface area (Å²) in [7, 11) is -1.67. The molecule has 2 atom stereocenters. The van der Waals surface area contributed by atoms with Crippen molar-refractivity contribution in [1.82, 2.24) is 4.31 Å². The Kier molecular flexibility index (Phi) is 5.37. The number of sulfonamides is 1. The predicted octanol–water partition coefficient (Wildman–Crippen LogP) is 1.33. The van der Waals surface area contributed by atoms with Gasteiger partial charge in [0.2, 0.25) is 10.0 Å². The molecule has 1 fully saturated rings. The fourth-order valence-corrected chi connectivity index (χ4v) is 4.25. The molecule has 1 aromatic rings. The minimum Gasteiger partial charge on any atom is -0.380 e. The van der Waals surface area contributed by atoms with Crippen LogP contribution in [0.15, 0.2) is 24.3 Å². The lowest BCUT2D eigenvalue weighted by Gasteiger charge is -2.35. The van der Waals surface area contributed by atoms with E-state index in [0.29, 0.717) is 25.6 Å². The number of hydrogen-bond acceptors (Lipinski definition) is 4. The maximum absolute atomic E-state index is 12.6. The van der Waals surface area contributed by atoms with Crippen LogP contribution in [0.3, 0.4) is 0 Å². The number of nitrogens with zero attached hydrogens (tertiary/aromatic N) is 1. The average Bonchev–Trinajstić information content (AvgIpc) is 2.47. The van der Waals surface area contributed by atoms with Gasteiger partial charge in [0.05, 0.1) is 11.9 Å². The van der Waals surface area contributed by atoms with E-state index in [1.54, 1.807) is 11.4 Å². The second kappa shape index (κ2) is 6.87. The third-order valence-electron chi connectivity index (χ3n) is 4.12. The summed E-state index contributed by atoms with van der Waals surface area (Å²) in [4.78, 5) is 0. The molecule has 2 unspecified atom stereocenters. The highest BCUT2D eigenvalue weighted by molar-refractivity contribution is 7.88. The molecule has 1 heterocycles. The Hall–Kier alpha value is -0.950. The van der Waals surface area contributed by atoms with E-state index < -0.39 is 10.0 Å². The zero-order valence-electron chi connectivity index (χ0n) is 12.7. The molecule has 5 nitrogen and oxygen atoms in total. The Morgan fingerprint density at radius 1 is 1.38 bits per heavy atom. The van der Waals surface area contributed by atoms with Gasteiger partial charge in [-0.25, -0.2) is 8.42 Å². The SMILES string of the molecule is COC1CN(S(=O)(=O)Cc2cccc(CN)c2)CCC1C. The summed E-state index contributed by atoms with van der Waals surface area (Å²) < 4.78 is 32.1. The van der Waals surface area contributed by atoms with Crippen molar-refractivity contribution in [1.29, 1.82) is 0 Å². The van der Waals surface area contributed by atoms with Gasteiger partial charge in [0.15, 0.2) is 0 Å². The molecule has 0 bridgehead atoms. The van der Waals surface area contributed by atoms with Crippen LogP contribution < -0.4 is 5.73 Å². The fourth-order valence-electron chi connectivity index (χ4n) is 2.71. The smallest absolute Gasteiger partial charge is 0.218 e. The number of rotatable bonds is 5. The highest BCUT2D eigenvalue weighted by atomic mass is 32.2. The van der Waals surface area contributed by atoms with Crippen LogP contribution >= 0.6 is 0 Å². The van der Waals surface area contributed by atoms with E-state index >= 15 is 0 Å². The predicted molar refractivity (Wildman–Crippen MR) is 83.1 cm³/mol. The summed E-state index contributed by atoms with van der Waals surface area (Å²) in [6.07, 6.45) is 0.810. The standard InChI is InChI=1S/C15H24N2O3S/c1-12-6-7-17(10-15(12)20-2)21(18,19)11-14-5-3-4-13(8-14)9-16/h3-5,8,12,15H,6-7,9-11,16H2,1-2H3. The molecule has 2 rings (SSSR count). The van der Waals surface area contributed by atoms with E-state index in [4.69, 9.17) is 10.5 Å². The Morgan fingerprint density at radius 2 is 2.10 bits per heavy atom. The molecule has 0 radical (unpaired) electrons. The van der Waals surface area contributed by atoms with Crippen molar-refractivity contribution in [2.45, 2.75) is 31.7 Å². The molecule has 0 amide bonds. The maximum atomic E-state index is 12.6. The largest absolute Gasteiger partial charge is 0.380 e. The molecule has 1 aromatic carbocycles. The summed E-state index contributed by atoms with van der Waals surface area (Å²) in [5.41, 5.74) is 7.33. The Balaban J connectivity index is 2.11. The van der Waals surface area contributed by atoms with Crippen molar-refractivity contribution < 1.29 is 13.2 Å². The molecule has 0 saturated carbocycles. The van der Waals surface area contributed by atoms with Gasteiger partial charge in [0.25, 0.3) is 0 Å². The van der Waals surface area contributed by atoms with Crippen molar-refractivity contribution in [3.8, 4) is 0 Å². The van der Waals surface area contributed by atoms with Crippen molar-refractivity contribution >= 4 is 10.0 Å². The van der Waals surface area contributed by atoms with Crippen LogP contribution in [0.5, 0.6) is 0 Å². The second-order valence-electron chi connectivity index (χ2n) is 5.68. The quantitative estimate of drug-likeness (QED) is 0.890. The summed E-state index contributed by atoms with van der Waals surface area (Å²) in [6.45, 7) is 3.53. The first-order chi connectivity index (χ1) is 9.96. The topological polar surface area (TPSA) is 72.6 Å². The zero-order valence-corrected chi connectivity index (χ0v) is 13.5. The van der Waals surface area contributed by atoms with Crippen LogP contribution in [-0.2, 0) is 27.1 Å². The summed E-state index contributed by atoms with van der Waals surface area (Å²) in [5.74, 6) is 0.410. The van der Waals surface area contributed by atoms with E-state index in [2.05, 4.69) is 6.92 Å². The normalized spacial score (nSPS) is 24.1. The van der Waals surface area contributed by atoms with Gasteiger partial charge in [0, 0.05) is 26.7 Å². The molecule has 1 aliphatic heterocycles. The Bertz CT molecular complexity index is 574. The molecule has 1 aliphatic rings. The summed E-state index contributed by atoms with van der Waals surface area (Å²) >= 11 is 0. The monoisotopic (exact) mass is 312 g/mol. The molecule has 2 N–H and O–H groups in total. The van der Waals surface area contributed by atoms with Gasteiger partial charge in [-0.2, -0.15) is 4.31 Å². The number of nitrogens with two attached hydrogens (primary N) is 1. The first-order valence-corrected chi connectivity index (χ1v) is 8.85. The first kappa shape index (κ1) is 16.4. The number of methoxy groups -OCH3 is 1. The Labute approximate surface area is 127 Å². The number of piperidine rings is 1. The molecular formula is C15H24N2O3S. The van der Waals surface area contributed by atoms with Gasteiger partial charge in [0.1, 0.15) is 0 Å². The van der Waals surface area contributed by atoms with E-state index in [0.717, 1.165) is 17.5 Å². The second-order valence-corrected chi connectivity index (χ2v) is 7.65. The zero-order chi connectivity index (χ0) is 15.5. The molecule has 0 aromatic heterocycles. The van der Waals surface area contributed by atoms with E-state index in [1.807, 2.05) is 24.3 Å². The minimum atomic E-state index is -3.32. The molecular weight excluding hydrogens is 288 g/mol. The van der Waals surface area contributed by atoms with Crippen molar-refractivity contribution in [2.75, 3.05) is 20.2 Å². The van der Waals surface area contributed by atoms with Gasteiger partial charge in [-0.15, -0.1) is 0 Å². The van der Waals surface area contributed by atoms with Gasteiger partial charge >= 0.3 is 0 Å². The third-order valence-corrected chi connectivity index (χ3v) is 5.94. The van der Waals surface area contributed by atoms with Crippen LogP contribution in [0, 0.1) is 5.92 Å². The number of hydrogen-bond donors (Lipinski definition) is 1. The van der Waals surface area contributed by atoms with Gasteiger partial charge in [-0.3, -0.25) is 0 Å².